The Labute approximate surface area is 119 Å². The third-order valence-corrected chi connectivity index (χ3v) is 3.13. The molecular formula is C17H20FNO. The fourth-order valence-corrected chi connectivity index (χ4v) is 2.31. The molecular weight excluding hydrogens is 253 g/mol. The highest BCUT2D eigenvalue weighted by molar-refractivity contribution is 5.44. The number of anilines is 1. The first-order valence-electron chi connectivity index (χ1n) is 6.76. The molecule has 0 atom stereocenters. The van der Waals surface area contributed by atoms with Crippen molar-refractivity contribution in [2.24, 2.45) is 0 Å². The summed E-state index contributed by atoms with van der Waals surface area (Å²) in [7, 11) is 0. The zero-order chi connectivity index (χ0) is 14.5. The topological polar surface area (TPSA) is 21.3 Å². The van der Waals surface area contributed by atoms with Crippen LogP contribution in [0, 0.1) is 26.6 Å². The number of aryl methyl sites for hydroxylation is 3. The summed E-state index contributed by atoms with van der Waals surface area (Å²) in [5.74, 6) is 0.731. The molecule has 0 saturated carbocycles. The number of benzene rings is 2. The van der Waals surface area contributed by atoms with Crippen LogP contribution in [0.1, 0.15) is 16.7 Å². The second-order valence-electron chi connectivity index (χ2n) is 5.01. The van der Waals surface area contributed by atoms with Gasteiger partial charge in [-0.1, -0.05) is 17.7 Å². The van der Waals surface area contributed by atoms with Crippen LogP contribution in [0.5, 0.6) is 5.75 Å². The molecule has 2 rings (SSSR count). The summed E-state index contributed by atoms with van der Waals surface area (Å²) >= 11 is 0. The minimum atomic E-state index is -0.224. The number of ether oxygens (including phenoxy) is 1. The van der Waals surface area contributed by atoms with Crippen molar-refractivity contribution in [3.05, 3.63) is 58.9 Å². The van der Waals surface area contributed by atoms with E-state index in [1.807, 2.05) is 0 Å². The van der Waals surface area contributed by atoms with E-state index in [1.54, 1.807) is 12.1 Å². The molecule has 106 valence electrons. The second-order valence-corrected chi connectivity index (χ2v) is 5.01. The van der Waals surface area contributed by atoms with Crippen LogP contribution in [0.25, 0.3) is 0 Å². The average molecular weight is 273 g/mol. The molecule has 2 nitrogen and oxygen atoms in total. The highest BCUT2D eigenvalue weighted by Crippen LogP contribution is 2.24. The molecule has 0 fully saturated rings. The van der Waals surface area contributed by atoms with E-state index < -0.39 is 0 Å². The molecule has 0 aliphatic heterocycles. The summed E-state index contributed by atoms with van der Waals surface area (Å²) in [5.41, 5.74) is 4.46. The summed E-state index contributed by atoms with van der Waals surface area (Å²) in [6, 6.07) is 10.6. The van der Waals surface area contributed by atoms with E-state index >= 15 is 0 Å². The van der Waals surface area contributed by atoms with Crippen LogP contribution in [0.4, 0.5) is 10.1 Å². The largest absolute Gasteiger partial charge is 0.491 e. The van der Waals surface area contributed by atoms with Crippen molar-refractivity contribution in [2.75, 3.05) is 18.5 Å². The van der Waals surface area contributed by atoms with Crippen molar-refractivity contribution in [1.29, 1.82) is 0 Å². The Morgan fingerprint density at radius 2 is 1.60 bits per heavy atom. The van der Waals surface area contributed by atoms with Crippen molar-refractivity contribution in [3.63, 3.8) is 0 Å². The van der Waals surface area contributed by atoms with E-state index in [1.165, 1.54) is 17.7 Å². The summed E-state index contributed by atoms with van der Waals surface area (Å²) in [5, 5.41) is 3.20. The molecule has 0 amide bonds. The Morgan fingerprint density at radius 3 is 2.20 bits per heavy atom. The molecule has 20 heavy (non-hydrogen) atoms. The third-order valence-electron chi connectivity index (χ3n) is 3.13. The van der Waals surface area contributed by atoms with E-state index in [-0.39, 0.29) is 5.82 Å². The molecule has 0 aromatic heterocycles. The van der Waals surface area contributed by atoms with Gasteiger partial charge < -0.3 is 10.1 Å². The first kappa shape index (κ1) is 14.4. The Bertz CT molecular complexity index is 555. The van der Waals surface area contributed by atoms with E-state index in [2.05, 4.69) is 38.2 Å². The first-order chi connectivity index (χ1) is 9.56. The van der Waals surface area contributed by atoms with Crippen molar-refractivity contribution >= 4 is 5.69 Å². The lowest BCUT2D eigenvalue weighted by atomic mass is 10.1. The molecule has 2 aromatic rings. The molecule has 0 unspecified atom stereocenters. The van der Waals surface area contributed by atoms with Crippen LogP contribution in [0.2, 0.25) is 0 Å². The van der Waals surface area contributed by atoms with Crippen molar-refractivity contribution < 1.29 is 9.13 Å². The van der Waals surface area contributed by atoms with E-state index in [0.717, 1.165) is 22.6 Å². The molecule has 0 bridgehead atoms. The molecule has 2 aromatic carbocycles. The molecule has 0 saturated heterocycles. The van der Waals surface area contributed by atoms with Crippen LogP contribution in [-0.4, -0.2) is 13.2 Å². The van der Waals surface area contributed by atoms with Gasteiger partial charge in [0, 0.05) is 12.2 Å². The minimum Gasteiger partial charge on any atom is -0.491 e. The van der Waals surface area contributed by atoms with Crippen LogP contribution in [0.3, 0.4) is 0 Å². The van der Waals surface area contributed by atoms with Gasteiger partial charge in [0.25, 0.3) is 0 Å². The predicted molar refractivity (Wildman–Crippen MR) is 81.0 cm³/mol. The molecule has 1 N–H and O–H groups in total. The quantitative estimate of drug-likeness (QED) is 0.823. The van der Waals surface area contributed by atoms with Crippen LogP contribution in [-0.2, 0) is 0 Å². The molecule has 0 heterocycles. The average Bonchev–Trinajstić information content (AvgIpc) is 2.39. The van der Waals surface area contributed by atoms with Gasteiger partial charge in [-0.15, -0.1) is 0 Å². The number of hydrogen-bond donors (Lipinski definition) is 1. The van der Waals surface area contributed by atoms with Gasteiger partial charge in [0.2, 0.25) is 0 Å². The first-order valence-corrected chi connectivity index (χ1v) is 6.76. The third kappa shape index (κ3) is 3.73. The lowest BCUT2D eigenvalue weighted by Crippen LogP contribution is -2.12. The highest BCUT2D eigenvalue weighted by atomic mass is 19.1. The molecule has 0 aliphatic rings. The minimum absolute atomic E-state index is 0.224. The maximum atomic E-state index is 12.8. The summed E-state index contributed by atoms with van der Waals surface area (Å²) in [4.78, 5) is 0. The van der Waals surface area contributed by atoms with Crippen LogP contribution < -0.4 is 10.1 Å². The van der Waals surface area contributed by atoms with Crippen molar-refractivity contribution in [2.45, 2.75) is 20.8 Å². The Morgan fingerprint density at radius 1 is 1.00 bits per heavy atom. The van der Waals surface area contributed by atoms with Gasteiger partial charge in [-0.25, -0.2) is 4.39 Å². The number of halogens is 1. The normalized spacial score (nSPS) is 10.4. The maximum absolute atomic E-state index is 12.8. The standard InChI is InChI=1S/C17H20FNO/c1-12-10-13(2)17(14(3)11-12)20-9-8-19-16-6-4-15(18)5-7-16/h4-7,10-11,19H,8-9H2,1-3H3. The Hall–Kier alpha value is -2.03. The SMILES string of the molecule is Cc1cc(C)c(OCCNc2ccc(F)cc2)c(C)c1. The molecule has 0 aliphatic carbocycles. The van der Waals surface area contributed by atoms with Gasteiger partial charge >= 0.3 is 0 Å². The van der Waals surface area contributed by atoms with Gasteiger partial charge in [-0.05, 0) is 56.2 Å². The highest BCUT2D eigenvalue weighted by Gasteiger charge is 2.04. The number of rotatable bonds is 5. The Kier molecular flexibility index (Phi) is 4.61. The monoisotopic (exact) mass is 273 g/mol. The van der Waals surface area contributed by atoms with Crippen molar-refractivity contribution in [3.8, 4) is 5.75 Å². The zero-order valence-corrected chi connectivity index (χ0v) is 12.2. The number of hydrogen-bond acceptors (Lipinski definition) is 2. The predicted octanol–water partition coefficient (Wildman–Crippen LogP) is 4.24. The molecule has 0 spiro atoms. The zero-order valence-electron chi connectivity index (χ0n) is 12.2. The van der Waals surface area contributed by atoms with Gasteiger partial charge in [0.05, 0.1) is 0 Å². The number of nitrogens with one attached hydrogen (secondary N) is 1. The van der Waals surface area contributed by atoms with Crippen molar-refractivity contribution in [1.82, 2.24) is 0 Å². The van der Waals surface area contributed by atoms with Gasteiger partial charge in [0.1, 0.15) is 18.2 Å². The summed E-state index contributed by atoms with van der Waals surface area (Å²) < 4.78 is 18.6. The lowest BCUT2D eigenvalue weighted by Gasteiger charge is -2.14. The van der Waals surface area contributed by atoms with E-state index in [4.69, 9.17) is 4.74 Å². The van der Waals surface area contributed by atoms with E-state index in [9.17, 15) is 4.39 Å². The summed E-state index contributed by atoms with van der Waals surface area (Å²) in [6.07, 6.45) is 0. The van der Waals surface area contributed by atoms with Gasteiger partial charge in [0.15, 0.2) is 0 Å². The van der Waals surface area contributed by atoms with E-state index in [0.29, 0.717) is 13.2 Å². The fourth-order valence-electron chi connectivity index (χ4n) is 2.31. The second kappa shape index (κ2) is 6.42. The van der Waals surface area contributed by atoms with Gasteiger partial charge in [-0.3, -0.25) is 0 Å². The smallest absolute Gasteiger partial charge is 0.125 e. The lowest BCUT2D eigenvalue weighted by molar-refractivity contribution is 0.328. The fraction of sp³-hybridized carbons (Fsp3) is 0.294. The maximum Gasteiger partial charge on any atom is 0.125 e. The van der Waals surface area contributed by atoms with Gasteiger partial charge in [-0.2, -0.15) is 0 Å². The van der Waals surface area contributed by atoms with Crippen LogP contribution in [0.15, 0.2) is 36.4 Å². The Balaban J connectivity index is 1.86. The molecule has 0 radical (unpaired) electrons. The molecule has 3 heteroatoms. The van der Waals surface area contributed by atoms with Crippen LogP contribution >= 0.6 is 0 Å². The summed E-state index contributed by atoms with van der Waals surface area (Å²) in [6.45, 7) is 7.45.